The van der Waals surface area contributed by atoms with Gasteiger partial charge >= 0.3 is 5.97 Å². The van der Waals surface area contributed by atoms with Crippen LogP contribution in [-0.4, -0.2) is 34.8 Å². The van der Waals surface area contributed by atoms with Crippen molar-refractivity contribution in [2.24, 2.45) is 0 Å². The Balaban J connectivity index is 1.33. The van der Waals surface area contributed by atoms with Crippen molar-refractivity contribution in [1.82, 2.24) is 9.55 Å². The summed E-state index contributed by atoms with van der Waals surface area (Å²) in [4.78, 5) is 16.4. The molecule has 1 saturated heterocycles. The molecule has 0 saturated carbocycles. The Kier molecular flexibility index (Phi) is 6.20. The third-order valence-corrected chi connectivity index (χ3v) is 5.70. The Labute approximate surface area is 196 Å². The van der Waals surface area contributed by atoms with Crippen LogP contribution in [0.5, 0.6) is 0 Å². The monoisotopic (exact) mass is 458 g/mol. The summed E-state index contributed by atoms with van der Waals surface area (Å²) in [6, 6.07) is 23.5. The Morgan fingerprint density at radius 1 is 1.06 bits per heavy atom. The standard InChI is InChI=1S/C27H23FN2O4/c28-24-8-4-7-22(15-24)26(31)32-16-25-17-33-27(34-25,18-30-14-13-29-19-30)23-11-9-21(10-12-23)20-5-2-1-3-6-20/h1-15,19,25H,16-18H2/t25-,27-/m0/s1. The molecule has 6 nitrogen and oxygen atoms in total. The first-order valence-corrected chi connectivity index (χ1v) is 11.0. The average molecular weight is 458 g/mol. The number of nitrogens with zero attached hydrogens (tertiary/aromatic N) is 2. The molecule has 7 heteroatoms. The number of hydrogen-bond donors (Lipinski definition) is 0. The smallest absolute Gasteiger partial charge is 0.338 e. The van der Waals surface area contributed by atoms with E-state index in [-0.39, 0.29) is 18.8 Å². The number of hydrogen-bond acceptors (Lipinski definition) is 5. The summed E-state index contributed by atoms with van der Waals surface area (Å²) >= 11 is 0. The van der Waals surface area contributed by atoms with E-state index in [0.29, 0.717) is 6.54 Å². The minimum Gasteiger partial charge on any atom is -0.459 e. The third kappa shape index (κ3) is 4.76. The predicted molar refractivity (Wildman–Crippen MR) is 123 cm³/mol. The van der Waals surface area contributed by atoms with Gasteiger partial charge in [-0.25, -0.2) is 14.2 Å². The first-order valence-electron chi connectivity index (χ1n) is 11.0. The molecule has 1 aliphatic heterocycles. The first-order chi connectivity index (χ1) is 16.6. The number of rotatable bonds is 7. The van der Waals surface area contributed by atoms with Gasteiger partial charge in [0.25, 0.3) is 0 Å². The Hall–Kier alpha value is -3.81. The minimum atomic E-state index is -1.06. The van der Waals surface area contributed by atoms with Crippen molar-refractivity contribution in [3.63, 3.8) is 0 Å². The second kappa shape index (κ2) is 9.59. The van der Waals surface area contributed by atoms with Crippen LogP contribution in [0.25, 0.3) is 11.1 Å². The Morgan fingerprint density at radius 2 is 1.85 bits per heavy atom. The van der Waals surface area contributed by atoms with Gasteiger partial charge < -0.3 is 18.8 Å². The fourth-order valence-corrected chi connectivity index (χ4v) is 4.01. The van der Waals surface area contributed by atoms with Crippen LogP contribution in [0.3, 0.4) is 0 Å². The van der Waals surface area contributed by atoms with Gasteiger partial charge in [-0.05, 0) is 29.3 Å². The molecule has 0 amide bonds. The third-order valence-electron chi connectivity index (χ3n) is 5.70. The number of carbonyl (C=O) groups excluding carboxylic acids is 1. The van der Waals surface area contributed by atoms with Crippen molar-refractivity contribution >= 4 is 5.97 Å². The van der Waals surface area contributed by atoms with Crippen LogP contribution in [0.4, 0.5) is 4.39 Å². The molecule has 0 radical (unpaired) electrons. The highest BCUT2D eigenvalue weighted by molar-refractivity contribution is 5.89. The maximum atomic E-state index is 13.4. The van der Waals surface area contributed by atoms with E-state index < -0.39 is 23.7 Å². The number of ether oxygens (including phenoxy) is 3. The van der Waals surface area contributed by atoms with E-state index >= 15 is 0 Å². The topological polar surface area (TPSA) is 62.6 Å². The molecule has 3 aromatic carbocycles. The lowest BCUT2D eigenvalue weighted by molar-refractivity contribution is -0.190. The van der Waals surface area contributed by atoms with Gasteiger partial charge in [0.1, 0.15) is 18.5 Å². The quantitative estimate of drug-likeness (QED) is 0.372. The van der Waals surface area contributed by atoms with Gasteiger partial charge in [-0.15, -0.1) is 0 Å². The van der Waals surface area contributed by atoms with Gasteiger partial charge in [0.05, 0.1) is 25.0 Å². The van der Waals surface area contributed by atoms with Crippen LogP contribution >= 0.6 is 0 Å². The molecule has 2 heterocycles. The van der Waals surface area contributed by atoms with Crippen LogP contribution in [0.15, 0.2) is 97.6 Å². The normalized spacial score (nSPS) is 19.7. The largest absolute Gasteiger partial charge is 0.459 e. The number of benzene rings is 3. The summed E-state index contributed by atoms with van der Waals surface area (Å²) in [5.74, 6) is -2.16. The maximum absolute atomic E-state index is 13.4. The molecular weight excluding hydrogens is 435 g/mol. The zero-order chi connectivity index (χ0) is 23.4. The van der Waals surface area contributed by atoms with Gasteiger partial charge in [0, 0.05) is 18.0 Å². The summed E-state index contributed by atoms with van der Waals surface area (Å²) < 4.78 is 33.2. The predicted octanol–water partition coefficient (Wildman–Crippen LogP) is 4.81. The van der Waals surface area contributed by atoms with Crippen LogP contribution in [0.2, 0.25) is 0 Å². The summed E-state index contributed by atoms with van der Waals surface area (Å²) in [7, 11) is 0. The van der Waals surface area contributed by atoms with Crippen molar-refractivity contribution in [3.05, 3.63) is 115 Å². The molecule has 34 heavy (non-hydrogen) atoms. The molecule has 4 aromatic rings. The summed E-state index contributed by atoms with van der Waals surface area (Å²) in [6.45, 7) is 0.612. The Bertz CT molecular complexity index is 1250. The van der Waals surface area contributed by atoms with E-state index in [1.807, 2.05) is 53.2 Å². The SMILES string of the molecule is O=C(OC[C@H]1CO[C@](Cn2ccnc2)(c2ccc(-c3ccccc3)cc2)O1)c1cccc(F)c1. The Morgan fingerprint density at radius 3 is 2.59 bits per heavy atom. The van der Waals surface area contributed by atoms with Crippen molar-refractivity contribution in [2.45, 2.75) is 18.4 Å². The van der Waals surface area contributed by atoms with E-state index in [1.54, 1.807) is 12.5 Å². The number of imidazole rings is 1. The zero-order valence-electron chi connectivity index (χ0n) is 18.3. The second-order valence-electron chi connectivity index (χ2n) is 8.09. The molecule has 0 spiro atoms. The summed E-state index contributed by atoms with van der Waals surface area (Å²) in [6.07, 6.45) is 4.75. The average Bonchev–Trinajstić information content (AvgIpc) is 3.54. The zero-order valence-corrected chi connectivity index (χ0v) is 18.3. The number of carbonyl (C=O) groups is 1. The maximum Gasteiger partial charge on any atom is 0.338 e. The second-order valence-corrected chi connectivity index (χ2v) is 8.09. The molecule has 5 rings (SSSR count). The molecule has 1 aliphatic rings. The molecule has 1 fully saturated rings. The van der Waals surface area contributed by atoms with Crippen molar-refractivity contribution in [3.8, 4) is 11.1 Å². The van der Waals surface area contributed by atoms with E-state index in [2.05, 4.69) is 17.1 Å². The highest BCUT2D eigenvalue weighted by atomic mass is 19.1. The molecule has 0 N–H and O–H groups in total. The lowest BCUT2D eigenvalue weighted by atomic mass is 10.00. The van der Waals surface area contributed by atoms with Crippen LogP contribution in [0.1, 0.15) is 15.9 Å². The highest BCUT2D eigenvalue weighted by Crippen LogP contribution is 2.37. The fraction of sp³-hybridized carbons (Fsp3) is 0.185. The lowest BCUT2D eigenvalue weighted by Gasteiger charge is -2.29. The fourth-order valence-electron chi connectivity index (χ4n) is 4.01. The van der Waals surface area contributed by atoms with E-state index in [4.69, 9.17) is 14.2 Å². The lowest BCUT2D eigenvalue weighted by Crippen LogP contribution is -2.34. The van der Waals surface area contributed by atoms with Crippen LogP contribution in [0, 0.1) is 5.82 Å². The van der Waals surface area contributed by atoms with E-state index in [9.17, 15) is 9.18 Å². The molecule has 0 aliphatic carbocycles. The van der Waals surface area contributed by atoms with Gasteiger partial charge in [0.2, 0.25) is 5.79 Å². The van der Waals surface area contributed by atoms with Crippen molar-refractivity contribution in [2.75, 3.05) is 13.2 Å². The van der Waals surface area contributed by atoms with Gasteiger partial charge in [-0.1, -0.05) is 60.7 Å². The van der Waals surface area contributed by atoms with Crippen molar-refractivity contribution in [1.29, 1.82) is 0 Å². The number of aromatic nitrogens is 2. The van der Waals surface area contributed by atoms with E-state index in [1.165, 1.54) is 18.2 Å². The molecular formula is C27H23FN2O4. The molecule has 0 bridgehead atoms. The molecule has 1 aromatic heterocycles. The minimum absolute atomic E-state index is 0.0108. The summed E-state index contributed by atoms with van der Waals surface area (Å²) in [5, 5.41) is 0. The molecule has 2 atom stereocenters. The van der Waals surface area contributed by atoms with Crippen molar-refractivity contribution < 1.29 is 23.4 Å². The van der Waals surface area contributed by atoms with Gasteiger partial charge in [0.15, 0.2) is 0 Å². The molecule has 0 unspecified atom stereocenters. The number of halogens is 1. The summed E-state index contributed by atoms with van der Waals surface area (Å²) in [5.41, 5.74) is 3.20. The highest BCUT2D eigenvalue weighted by Gasteiger charge is 2.44. The number of esters is 1. The molecule has 172 valence electrons. The first kappa shape index (κ1) is 22.0. The van der Waals surface area contributed by atoms with Gasteiger partial charge in [-0.3, -0.25) is 0 Å². The van der Waals surface area contributed by atoms with E-state index in [0.717, 1.165) is 22.8 Å². The van der Waals surface area contributed by atoms with Crippen LogP contribution in [-0.2, 0) is 26.5 Å². The van der Waals surface area contributed by atoms with Crippen LogP contribution < -0.4 is 0 Å². The van der Waals surface area contributed by atoms with Gasteiger partial charge in [-0.2, -0.15) is 0 Å².